The van der Waals surface area contributed by atoms with Crippen molar-refractivity contribution < 1.29 is 22.4 Å². The zero-order valence-electron chi connectivity index (χ0n) is 20.9. The van der Waals surface area contributed by atoms with Crippen LogP contribution in [0.15, 0.2) is 66.7 Å². The number of rotatable bonds is 11. The van der Waals surface area contributed by atoms with Crippen molar-refractivity contribution in [2.45, 2.75) is 51.7 Å². The van der Waals surface area contributed by atoms with Gasteiger partial charge in [-0.25, -0.2) is 9.18 Å². The van der Waals surface area contributed by atoms with E-state index in [0.717, 1.165) is 37.3 Å². The number of benzene rings is 3. The Morgan fingerprint density at radius 2 is 1.70 bits per heavy atom. The van der Waals surface area contributed by atoms with Crippen molar-refractivity contribution in [1.82, 2.24) is 16.0 Å². The molecule has 0 unspecified atom stereocenters. The first kappa shape index (κ1) is 28.0. The van der Waals surface area contributed by atoms with Gasteiger partial charge in [0.25, 0.3) is 0 Å². The predicted molar refractivity (Wildman–Crippen MR) is 138 cm³/mol. The quantitative estimate of drug-likeness (QED) is 0.206. The average Bonchev–Trinajstić information content (AvgIpc) is 2.88. The van der Waals surface area contributed by atoms with Crippen LogP contribution in [0.25, 0.3) is 11.1 Å². The number of hydrogen-bond acceptors (Lipinski definition) is 1. The normalized spacial score (nSPS) is 11.4. The summed E-state index contributed by atoms with van der Waals surface area (Å²) in [6.07, 6.45) is -0.183. The van der Waals surface area contributed by atoms with Crippen LogP contribution in [-0.2, 0) is 19.1 Å². The summed E-state index contributed by atoms with van der Waals surface area (Å²) in [6.45, 7) is 3.07. The van der Waals surface area contributed by atoms with E-state index >= 15 is 0 Å². The molecule has 0 fully saturated rings. The Kier molecular flexibility index (Phi) is 9.94. The second-order valence-electron chi connectivity index (χ2n) is 9.01. The van der Waals surface area contributed by atoms with Crippen molar-refractivity contribution in [1.29, 1.82) is 0 Å². The molecule has 0 aromatic heterocycles. The van der Waals surface area contributed by atoms with Crippen LogP contribution in [0.1, 0.15) is 49.3 Å². The van der Waals surface area contributed by atoms with Gasteiger partial charge < -0.3 is 16.0 Å². The first-order valence-corrected chi connectivity index (χ1v) is 12.5. The minimum atomic E-state index is -4.47. The number of amides is 2. The van der Waals surface area contributed by atoms with E-state index in [2.05, 4.69) is 12.2 Å². The van der Waals surface area contributed by atoms with Gasteiger partial charge in [-0.2, -0.15) is 13.2 Å². The van der Waals surface area contributed by atoms with Gasteiger partial charge in [-0.3, -0.25) is 0 Å². The summed E-state index contributed by atoms with van der Waals surface area (Å²) >= 11 is 0. The van der Waals surface area contributed by atoms with Crippen LogP contribution in [0.4, 0.5) is 28.0 Å². The van der Waals surface area contributed by atoms with Gasteiger partial charge in [-0.1, -0.05) is 68.7 Å². The average molecular weight is 515 g/mol. The summed E-state index contributed by atoms with van der Waals surface area (Å²) in [5.74, 6) is -0.427. The monoisotopic (exact) mass is 514 g/mol. The van der Waals surface area contributed by atoms with E-state index in [4.69, 9.17) is 5.73 Å². The maximum atomic E-state index is 14.2. The standard InChI is InChI=1S/C29H32F4N3O/c1-2-3-4-7-17-35-28(37)36(18-16-23-19-24(34)14-15-27(23)30)20-21-10-12-22(13-11-21)25-8-5-6-9-26(25)29(31,32)33/h5-6,8-15,19,34H,2-4,7,16-18,20H2,1H3,(H,35,37). The van der Waals surface area contributed by atoms with Gasteiger partial charge in [-0.05, 0) is 59.4 Å². The minimum absolute atomic E-state index is 0.0916. The van der Waals surface area contributed by atoms with Gasteiger partial charge in [0.1, 0.15) is 5.82 Å². The molecule has 0 heterocycles. The lowest BCUT2D eigenvalue weighted by atomic mass is 9.98. The van der Waals surface area contributed by atoms with Crippen molar-refractivity contribution in [2.24, 2.45) is 0 Å². The zero-order valence-corrected chi connectivity index (χ0v) is 20.9. The largest absolute Gasteiger partial charge is 0.417 e. The molecule has 0 saturated heterocycles. The predicted octanol–water partition coefficient (Wildman–Crippen LogP) is 7.76. The summed E-state index contributed by atoms with van der Waals surface area (Å²) in [5, 5.41) is 2.92. The maximum absolute atomic E-state index is 14.2. The van der Waals surface area contributed by atoms with Gasteiger partial charge in [0.15, 0.2) is 0 Å². The third-order valence-electron chi connectivity index (χ3n) is 6.16. The molecule has 8 heteroatoms. The van der Waals surface area contributed by atoms with Crippen LogP contribution >= 0.6 is 0 Å². The molecule has 2 amide bonds. The van der Waals surface area contributed by atoms with Crippen molar-refractivity contribution >= 4 is 11.7 Å². The summed E-state index contributed by atoms with van der Waals surface area (Å²) in [5.41, 5.74) is 8.85. The number of halogens is 4. The number of urea groups is 1. The molecular weight excluding hydrogens is 482 g/mol. The molecule has 3 aromatic carbocycles. The van der Waals surface area contributed by atoms with Gasteiger partial charge in [0.2, 0.25) is 0 Å². The van der Waals surface area contributed by atoms with E-state index < -0.39 is 17.6 Å². The highest BCUT2D eigenvalue weighted by molar-refractivity contribution is 5.74. The summed E-state index contributed by atoms with van der Waals surface area (Å²) in [4.78, 5) is 14.5. The van der Waals surface area contributed by atoms with Crippen molar-refractivity contribution in [2.75, 3.05) is 13.1 Å². The molecule has 0 aliphatic heterocycles. The molecule has 197 valence electrons. The lowest BCUT2D eigenvalue weighted by molar-refractivity contribution is -0.137. The molecule has 0 atom stereocenters. The highest BCUT2D eigenvalue weighted by Gasteiger charge is 2.33. The Morgan fingerprint density at radius 3 is 2.41 bits per heavy atom. The number of carbonyl (C=O) groups is 1. The van der Waals surface area contributed by atoms with Crippen LogP contribution in [0.3, 0.4) is 0 Å². The fourth-order valence-corrected chi connectivity index (χ4v) is 4.13. The molecular formula is C29H32F4N3O. The molecule has 2 N–H and O–H groups in total. The second-order valence-corrected chi connectivity index (χ2v) is 9.01. The highest BCUT2D eigenvalue weighted by Crippen LogP contribution is 2.37. The number of nitrogens with zero attached hydrogens (tertiary/aromatic N) is 1. The Balaban J connectivity index is 1.75. The zero-order chi connectivity index (χ0) is 26.8. The number of carbonyl (C=O) groups excluding carboxylic acids is 1. The van der Waals surface area contributed by atoms with Gasteiger partial charge in [0, 0.05) is 19.6 Å². The van der Waals surface area contributed by atoms with E-state index in [1.807, 2.05) is 0 Å². The molecule has 0 bridgehead atoms. The number of hydrogen-bond donors (Lipinski definition) is 1. The van der Waals surface area contributed by atoms with Gasteiger partial charge in [0.05, 0.1) is 11.3 Å². The summed E-state index contributed by atoms with van der Waals surface area (Å²) in [6, 6.07) is 15.8. The third kappa shape index (κ3) is 8.23. The van der Waals surface area contributed by atoms with Crippen LogP contribution < -0.4 is 11.1 Å². The molecule has 0 aliphatic rings. The third-order valence-corrected chi connectivity index (χ3v) is 6.16. The minimum Gasteiger partial charge on any atom is -0.338 e. The Morgan fingerprint density at radius 1 is 0.973 bits per heavy atom. The molecule has 3 rings (SSSR count). The van der Waals surface area contributed by atoms with E-state index in [-0.39, 0.29) is 36.8 Å². The fraction of sp³-hybridized carbons (Fsp3) is 0.345. The van der Waals surface area contributed by atoms with Gasteiger partial charge >= 0.3 is 12.2 Å². The smallest absolute Gasteiger partial charge is 0.338 e. The Bertz CT molecular complexity index is 1160. The summed E-state index contributed by atoms with van der Waals surface area (Å²) in [7, 11) is 0. The maximum Gasteiger partial charge on any atom is 0.417 e. The number of nitrogens with one attached hydrogen (secondary N) is 2. The lowest BCUT2D eigenvalue weighted by Gasteiger charge is -2.24. The second kappa shape index (κ2) is 13.1. The van der Waals surface area contributed by atoms with Crippen LogP contribution in [-0.4, -0.2) is 24.0 Å². The first-order chi connectivity index (χ1) is 17.7. The SMILES string of the molecule is CCCCCCNC(=O)N(CCc1cc([NH])ccc1F)Cc1ccc(-c2ccccc2C(F)(F)F)cc1. The van der Waals surface area contributed by atoms with E-state index in [1.54, 1.807) is 35.2 Å². The van der Waals surface area contributed by atoms with Crippen LogP contribution in [0.5, 0.6) is 0 Å². The Hall–Kier alpha value is -3.55. The molecule has 37 heavy (non-hydrogen) atoms. The molecule has 3 aromatic rings. The van der Waals surface area contributed by atoms with E-state index in [1.165, 1.54) is 30.3 Å². The van der Waals surface area contributed by atoms with Crippen LogP contribution in [0, 0.1) is 5.82 Å². The fourth-order valence-electron chi connectivity index (χ4n) is 4.13. The van der Waals surface area contributed by atoms with Gasteiger partial charge in [-0.15, -0.1) is 0 Å². The summed E-state index contributed by atoms with van der Waals surface area (Å²) < 4.78 is 54.5. The van der Waals surface area contributed by atoms with E-state index in [9.17, 15) is 22.4 Å². The number of unbranched alkanes of at least 4 members (excludes halogenated alkanes) is 3. The van der Waals surface area contributed by atoms with Crippen molar-refractivity contribution in [3.8, 4) is 11.1 Å². The van der Waals surface area contributed by atoms with E-state index in [0.29, 0.717) is 17.7 Å². The first-order valence-electron chi connectivity index (χ1n) is 12.5. The topological polar surface area (TPSA) is 56.1 Å². The molecule has 0 saturated carbocycles. The molecule has 1 radical (unpaired) electrons. The van der Waals surface area contributed by atoms with Crippen molar-refractivity contribution in [3.63, 3.8) is 0 Å². The highest BCUT2D eigenvalue weighted by atomic mass is 19.4. The number of alkyl halides is 3. The molecule has 4 nitrogen and oxygen atoms in total. The molecule has 0 spiro atoms. The Labute approximate surface area is 215 Å². The lowest BCUT2D eigenvalue weighted by Crippen LogP contribution is -2.41. The molecule has 0 aliphatic carbocycles. The van der Waals surface area contributed by atoms with Crippen LogP contribution in [0.2, 0.25) is 0 Å². The van der Waals surface area contributed by atoms with Crippen molar-refractivity contribution in [3.05, 3.63) is 89.2 Å².